The molecule has 0 aliphatic rings. The second kappa shape index (κ2) is 10.2. The summed E-state index contributed by atoms with van der Waals surface area (Å²) in [5, 5.41) is 12.7. The van der Waals surface area contributed by atoms with E-state index in [4.69, 9.17) is 0 Å². The van der Waals surface area contributed by atoms with E-state index >= 15 is 0 Å². The Morgan fingerprint density at radius 1 is 1.20 bits per heavy atom. The normalized spacial score (nSPS) is 14.8. The van der Waals surface area contributed by atoms with Gasteiger partial charge in [0.2, 0.25) is 0 Å². The second-order valence-corrected chi connectivity index (χ2v) is 6.81. The largest absolute Gasteiger partial charge is 0.301 e. The summed E-state index contributed by atoms with van der Waals surface area (Å²) in [7, 11) is 0. The minimum absolute atomic E-state index is 0.350. The minimum atomic E-state index is -0.350. The maximum Gasteiger partial charge on any atom is 0.103 e. The predicted octanol–water partition coefficient (Wildman–Crippen LogP) is 3.80. The lowest BCUT2D eigenvalue weighted by atomic mass is 9.96. The fourth-order valence-corrected chi connectivity index (χ4v) is 2.41. The van der Waals surface area contributed by atoms with Gasteiger partial charge < -0.3 is 4.90 Å². The molecule has 20 heavy (non-hydrogen) atoms. The first kappa shape index (κ1) is 19.4. The zero-order valence-corrected chi connectivity index (χ0v) is 14.5. The molecule has 0 aromatic rings. The first-order chi connectivity index (χ1) is 9.34. The highest BCUT2D eigenvalue weighted by atomic mass is 15.1. The molecule has 0 aromatic carbocycles. The van der Waals surface area contributed by atoms with Gasteiger partial charge in [0.15, 0.2) is 0 Å². The number of hydrogen-bond donors (Lipinski definition) is 1. The average molecular weight is 281 g/mol. The Bertz CT molecular complexity index is 280. The van der Waals surface area contributed by atoms with Crippen molar-refractivity contribution in [3.05, 3.63) is 0 Å². The summed E-state index contributed by atoms with van der Waals surface area (Å²) in [5.41, 5.74) is -0.350. The highest BCUT2D eigenvalue weighted by molar-refractivity contribution is 5.03. The third-order valence-electron chi connectivity index (χ3n) is 3.71. The fourth-order valence-electron chi connectivity index (χ4n) is 2.41. The Kier molecular flexibility index (Phi) is 9.88. The van der Waals surface area contributed by atoms with Crippen molar-refractivity contribution < 1.29 is 0 Å². The second-order valence-electron chi connectivity index (χ2n) is 6.81. The molecule has 0 fully saturated rings. The van der Waals surface area contributed by atoms with Gasteiger partial charge in [-0.3, -0.25) is 5.32 Å². The summed E-state index contributed by atoms with van der Waals surface area (Å²) in [5.74, 6) is 0.716. The summed E-state index contributed by atoms with van der Waals surface area (Å²) in [4.78, 5) is 2.55. The highest BCUT2D eigenvalue weighted by Gasteiger charge is 2.22. The Balaban J connectivity index is 4.06. The molecule has 3 heteroatoms. The van der Waals surface area contributed by atoms with Crippen LogP contribution >= 0.6 is 0 Å². The van der Waals surface area contributed by atoms with Crippen molar-refractivity contribution in [2.24, 2.45) is 5.92 Å². The Morgan fingerprint density at radius 2 is 1.85 bits per heavy atom. The number of unbranched alkanes of at least 4 members (excludes halogenated alkanes) is 1. The van der Waals surface area contributed by atoms with Crippen LogP contribution in [-0.2, 0) is 0 Å². The number of hydrogen-bond acceptors (Lipinski definition) is 3. The van der Waals surface area contributed by atoms with E-state index < -0.39 is 0 Å². The molecular formula is C17H35N3. The molecule has 0 aromatic heterocycles. The number of rotatable bonds is 11. The molecule has 0 radical (unpaired) electrons. The zero-order chi connectivity index (χ0) is 15.6. The lowest BCUT2D eigenvalue weighted by Gasteiger charge is -2.29. The van der Waals surface area contributed by atoms with E-state index in [0.717, 1.165) is 32.4 Å². The van der Waals surface area contributed by atoms with Crippen molar-refractivity contribution in [3.63, 3.8) is 0 Å². The summed E-state index contributed by atoms with van der Waals surface area (Å²) >= 11 is 0. The first-order valence-corrected chi connectivity index (χ1v) is 8.25. The Labute approximate surface area is 126 Å². The van der Waals surface area contributed by atoms with Crippen LogP contribution in [0.15, 0.2) is 0 Å². The van der Waals surface area contributed by atoms with E-state index in [2.05, 4.69) is 50.9 Å². The Hall–Kier alpha value is -0.590. The van der Waals surface area contributed by atoms with Crippen LogP contribution < -0.4 is 5.32 Å². The molecule has 0 rings (SSSR count). The number of nitrogens with zero attached hydrogens (tertiary/aromatic N) is 2. The van der Waals surface area contributed by atoms with E-state index in [0.29, 0.717) is 12.0 Å². The zero-order valence-electron chi connectivity index (χ0n) is 14.5. The molecule has 0 spiro atoms. The summed E-state index contributed by atoms with van der Waals surface area (Å²) < 4.78 is 0. The smallest absolute Gasteiger partial charge is 0.103 e. The monoisotopic (exact) mass is 281 g/mol. The van der Waals surface area contributed by atoms with E-state index in [9.17, 15) is 5.26 Å². The van der Waals surface area contributed by atoms with Crippen LogP contribution in [0.5, 0.6) is 0 Å². The van der Waals surface area contributed by atoms with Crippen molar-refractivity contribution in [1.29, 1.82) is 5.26 Å². The van der Waals surface area contributed by atoms with Crippen molar-refractivity contribution in [2.75, 3.05) is 19.6 Å². The van der Waals surface area contributed by atoms with Gasteiger partial charge >= 0.3 is 0 Å². The van der Waals surface area contributed by atoms with Crippen LogP contribution in [0.1, 0.15) is 67.2 Å². The van der Waals surface area contributed by atoms with Crippen LogP contribution in [0.25, 0.3) is 0 Å². The van der Waals surface area contributed by atoms with Crippen LogP contribution in [0, 0.1) is 17.2 Å². The fraction of sp³-hybridized carbons (Fsp3) is 0.941. The van der Waals surface area contributed by atoms with Gasteiger partial charge in [0.25, 0.3) is 0 Å². The Morgan fingerprint density at radius 3 is 2.30 bits per heavy atom. The molecule has 0 saturated heterocycles. The topological polar surface area (TPSA) is 39.1 Å². The summed E-state index contributed by atoms with van der Waals surface area (Å²) in [6, 6.07) is 3.04. The lowest BCUT2D eigenvalue weighted by molar-refractivity contribution is 0.192. The molecule has 0 bridgehead atoms. The van der Waals surface area contributed by atoms with E-state index in [1.807, 2.05) is 6.92 Å². The molecule has 0 amide bonds. The van der Waals surface area contributed by atoms with Crippen LogP contribution in [0.4, 0.5) is 0 Å². The third-order valence-corrected chi connectivity index (χ3v) is 3.71. The molecule has 118 valence electrons. The number of nitriles is 1. The molecule has 0 aliphatic carbocycles. The molecular weight excluding hydrogens is 246 g/mol. The third kappa shape index (κ3) is 8.55. The van der Waals surface area contributed by atoms with Gasteiger partial charge in [0.05, 0.1) is 6.07 Å². The molecule has 0 aliphatic heterocycles. The van der Waals surface area contributed by atoms with Crippen molar-refractivity contribution >= 4 is 0 Å². The minimum Gasteiger partial charge on any atom is -0.301 e. The SMILES string of the molecule is CCCNC(C)(C#N)CCCCN(CC(C)C)C(C)C. The van der Waals surface area contributed by atoms with Crippen LogP contribution in [0.2, 0.25) is 0 Å². The molecule has 1 N–H and O–H groups in total. The van der Waals surface area contributed by atoms with E-state index in [-0.39, 0.29) is 5.54 Å². The van der Waals surface area contributed by atoms with Gasteiger partial charge in [0, 0.05) is 12.6 Å². The highest BCUT2D eigenvalue weighted by Crippen LogP contribution is 2.14. The van der Waals surface area contributed by atoms with Crippen LogP contribution in [0.3, 0.4) is 0 Å². The standard InChI is InChI=1S/C17H35N3/c1-7-11-19-17(6,14-18)10-8-9-12-20(16(4)5)13-15(2)3/h15-16,19H,7-13H2,1-6H3. The van der Waals surface area contributed by atoms with Crippen molar-refractivity contribution in [3.8, 4) is 6.07 Å². The van der Waals surface area contributed by atoms with Crippen LogP contribution in [-0.4, -0.2) is 36.1 Å². The van der Waals surface area contributed by atoms with E-state index in [1.165, 1.54) is 13.0 Å². The van der Waals surface area contributed by atoms with Gasteiger partial charge in [-0.15, -0.1) is 0 Å². The average Bonchev–Trinajstić information content (AvgIpc) is 2.39. The van der Waals surface area contributed by atoms with Gasteiger partial charge in [-0.1, -0.05) is 20.8 Å². The van der Waals surface area contributed by atoms with Gasteiger partial charge in [-0.2, -0.15) is 5.26 Å². The lowest BCUT2D eigenvalue weighted by Crippen LogP contribution is -2.41. The van der Waals surface area contributed by atoms with Crippen molar-refractivity contribution in [1.82, 2.24) is 10.2 Å². The molecule has 0 heterocycles. The molecule has 3 nitrogen and oxygen atoms in total. The van der Waals surface area contributed by atoms with Gasteiger partial charge in [0.1, 0.15) is 5.54 Å². The number of nitrogens with one attached hydrogen (secondary N) is 1. The molecule has 1 unspecified atom stereocenters. The quantitative estimate of drug-likeness (QED) is 0.585. The summed E-state index contributed by atoms with van der Waals surface area (Å²) in [6.07, 6.45) is 4.31. The van der Waals surface area contributed by atoms with E-state index in [1.54, 1.807) is 0 Å². The first-order valence-electron chi connectivity index (χ1n) is 8.25. The van der Waals surface area contributed by atoms with Gasteiger partial charge in [-0.25, -0.2) is 0 Å². The molecule has 1 atom stereocenters. The van der Waals surface area contributed by atoms with Gasteiger partial charge in [-0.05, 0) is 65.5 Å². The maximum absolute atomic E-state index is 9.30. The predicted molar refractivity (Wildman–Crippen MR) is 87.7 cm³/mol. The molecule has 0 saturated carbocycles. The van der Waals surface area contributed by atoms with Crippen molar-refractivity contribution in [2.45, 2.75) is 78.8 Å². The maximum atomic E-state index is 9.30. The summed E-state index contributed by atoms with van der Waals surface area (Å²) in [6.45, 7) is 16.5.